The summed E-state index contributed by atoms with van der Waals surface area (Å²) in [5.41, 5.74) is 0.348. The lowest BCUT2D eigenvalue weighted by Gasteiger charge is -2.40. The second-order valence-electron chi connectivity index (χ2n) is 6.34. The molecule has 0 saturated carbocycles. The van der Waals surface area contributed by atoms with Gasteiger partial charge in [0.25, 0.3) is 0 Å². The molecule has 0 aliphatic carbocycles. The minimum absolute atomic E-state index is 0.0731. The molecule has 0 unspecified atom stereocenters. The first kappa shape index (κ1) is 24.1. The number of thioether (sulfide) groups is 2. The molecule has 1 saturated heterocycles. The Kier molecular flexibility index (Phi) is 8.32. The van der Waals surface area contributed by atoms with Crippen molar-refractivity contribution in [3.05, 3.63) is 28.8 Å². The zero-order chi connectivity index (χ0) is 23.1. The summed E-state index contributed by atoms with van der Waals surface area (Å²) >= 11 is 2.43. The van der Waals surface area contributed by atoms with Crippen LogP contribution in [0.2, 0.25) is 0 Å². The van der Waals surface area contributed by atoms with E-state index in [-0.39, 0.29) is 22.4 Å². The molecule has 2 rings (SSSR count). The maximum Gasteiger partial charge on any atom is 0.303 e. The predicted octanol–water partition coefficient (Wildman–Crippen LogP) is 2.26. The molecular formula is C20H17N3O6S2. The van der Waals surface area contributed by atoms with E-state index in [1.54, 1.807) is 0 Å². The fraction of sp³-hybridized carbons (Fsp3) is 0.400. The predicted molar refractivity (Wildman–Crippen MR) is 109 cm³/mol. The van der Waals surface area contributed by atoms with Gasteiger partial charge >= 0.3 is 17.9 Å². The Morgan fingerprint density at radius 3 is 1.90 bits per heavy atom. The summed E-state index contributed by atoms with van der Waals surface area (Å²) in [4.78, 5) is 35.3. The molecule has 1 aromatic carbocycles. The van der Waals surface area contributed by atoms with Crippen LogP contribution in [-0.2, 0) is 28.6 Å². The molecule has 1 heterocycles. The van der Waals surface area contributed by atoms with Crippen molar-refractivity contribution >= 4 is 41.4 Å². The van der Waals surface area contributed by atoms with Crippen molar-refractivity contribution in [2.24, 2.45) is 0 Å². The van der Waals surface area contributed by atoms with Crippen LogP contribution < -0.4 is 0 Å². The van der Waals surface area contributed by atoms with Gasteiger partial charge < -0.3 is 14.2 Å². The summed E-state index contributed by atoms with van der Waals surface area (Å²) in [7, 11) is 0. The van der Waals surface area contributed by atoms with Crippen molar-refractivity contribution < 1.29 is 28.6 Å². The molecule has 0 radical (unpaired) electrons. The van der Waals surface area contributed by atoms with Gasteiger partial charge in [0.05, 0.1) is 21.3 Å². The monoisotopic (exact) mass is 459 g/mol. The molecule has 31 heavy (non-hydrogen) atoms. The number of hydrogen-bond acceptors (Lipinski definition) is 11. The molecule has 0 bridgehead atoms. The number of carbonyl (C=O) groups is 3. The molecule has 1 aliphatic rings. The number of nitriles is 3. The first-order valence-corrected chi connectivity index (χ1v) is 10.8. The Hall–Kier alpha value is -3.20. The molecule has 11 heteroatoms. The average molecular weight is 460 g/mol. The molecule has 0 aromatic heterocycles. The average Bonchev–Trinajstić information content (AvgIpc) is 2.70. The third kappa shape index (κ3) is 6.14. The minimum atomic E-state index is -1.05. The molecular weight excluding hydrogens is 442 g/mol. The van der Waals surface area contributed by atoms with E-state index < -0.39 is 40.8 Å². The number of benzene rings is 1. The Morgan fingerprint density at radius 2 is 1.39 bits per heavy atom. The molecule has 0 N–H and O–H groups in total. The minimum Gasteiger partial charge on any atom is -0.458 e. The van der Waals surface area contributed by atoms with Gasteiger partial charge in [-0.15, -0.1) is 23.5 Å². The maximum atomic E-state index is 11.8. The number of carbonyl (C=O) groups excluding carboxylic acids is 3. The fourth-order valence-electron chi connectivity index (χ4n) is 2.88. The van der Waals surface area contributed by atoms with Crippen molar-refractivity contribution in [2.45, 2.75) is 48.6 Å². The molecule has 1 fully saturated rings. The number of ether oxygens (including phenoxy) is 3. The molecule has 0 spiro atoms. The van der Waals surface area contributed by atoms with Crippen LogP contribution in [-0.4, -0.2) is 46.6 Å². The quantitative estimate of drug-likeness (QED) is 0.471. The molecule has 0 amide bonds. The van der Waals surface area contributed by atoms with Crippen LogP contribution in [0.1, 0.15) is 37.5 Å². The molecule has 4 atom stereocenters. The first-order valence-electron chi connectivity index (χ1n) is 8.88. The van der Waals surface area contributed by atoms with Crippen LogP contribution in [0.5, 0.6) is 0 Å². The van der Waals surface area contributed by atoms with Crippen LogP contribution in [0.4, 0.5) is 0 Å². The Labute approximate surface area is 187 Å². The number of nitrogens with zero attached hydrogens (tertiary/aromatic N) is 3. The van der Waals surface area contributed by atoms with Crippen LogP contribution in [0.3, 0.4) is 0 Å². The van der Waals surface area contributed by atoms with Gasteiger partial charge in [-0.25, -0.2) is 0 Å². The summed E-state index contributed by atoms with van der Waals surface area (Å²) in [6.07, 6.45) is -2.88. The number of rotatable bonds is 5. The number of hydrogen-bond donors (Lipinski definition) is 0. The van der Waals surface area contributed by atoms with Gasteiger partial charge in [0.15, 0.2) is 18.3 Å². The second kappa shape index (κ2) is 10.7. The van der Waals surface area contributed by atoms with E-state index in [0.29, 0.717) is 4.90 Å². The summed E-state index contributed by atoms with van der Waals surface area (Å²) in [6, 6.07) is 8.53. The van der Waals surface area contributed by atoms with Gasteiger partial charge in [0.2, 0.25) is 0 Å². The second-order valence-corrected chi connectivity index (χ2v) is 9.00. The summed E-state index contributed by atoms with van der Waals surface area (Å²) < 4.78 is 15.5. The van der Waals surface area contributed by atoms with Gasteiger partial charge in [-0.2, -0.15) is 15.8 Å². The molecule has 1 aliphatic heterocycles. The zero-order valence-corrected chi connectivity index (χ0v) is 18.4. The van der Waals surface area contributed by atoms with Crippen molar-refractivity contribution in [2.75, 3.05) is 5.75 Å². The normalized spacial score (nSPS) is 22.2. The van der Waals surface area contributed by atoms with Crippen molar-refractivity contribution in [3.8, 4) is 18.2 Å². The highest BCUT2D eigenvalue weighted by Crippen LogP contribution is 2.43. The van der Waals surface area contributed by atoms with E-state index in [4.69, 9.17) is 14.2 Å². The molecule has 1 aromatic rings. The Bertz CT molecular complexity index is 1020. The van der Waals surface area contributed by atoms with Crippen molar-refractivity contribution in [1.29, 1.82) is 15.8 Å². The highest BCUT2D eigenvalue weighted by molar-refractivity contribution is 8.17. The van der Waals surface area contributed by atoms with E-state index in [1.165, 1.54) is 44.7 Å². The third-order valence-corrected chi connectivity index (χ3v) is 6.94. The van der Waals surface area contributed by atoms with Gasteiger partial charge in [-0.05, 0) is 12.1 Å². The van der Waals surface area contributed by atoms with Gasteiger partial charge in [0.1, 0.15) is 18.2 Å². The summed E-state index contributed by atoms with van der Waals surface area (Å²) in [5.74, 6) is -1.60. The summed E-state index contributed by atoms with van der Waals surface area (Å²) in [6.45, 7) is 3.60. The van der Waals surface area contributed by atoms with Crippen molar-refractivity contribution in [1.82, 2.24) is 0 Å². The van der Waals surface area contributed by atoms with E-state index >= 15 is 0 Å². The molecule has 160 valence electrons. The number of esters is 3. The standard InChI is InChI=1S/C20H17N3O6S2/c1-10(24)27-16-9-30-20(19(29-12(3)26)18(16)28-11(2)25)31-17-5-14(7-22)13(6-21)4-15(17)8-23/h4-5,16,18-20H,9H2,1-3H3/t16-,18+,19-,20+/m1/s1. The smallest absolute Gasteiger partial charge is 0.303 e. The Balaban J connectivity index is 2.45. The Morgan fingerprint density at radius 1 is 0.871 bits per heavy atom. The third-order valence-electron chi connectivity index (χ3n) is 4.03. The maximum absolute atomic E-state index is 11.8. The lowest BCUT2D eigenvalue weighted by Crippen LogP contribution is -2.53. The van der Waals surface area contributed by atoms with Crippen LogP contribution in [0.15, 0.2) is 17.0 Å². The lowest BCUT2D eigenvalue weighted by atomic mass is 10.1. The zero-order valence-electron chi connectivity index (χ0n) is 16.8. The van der Waals surface area contributed by atoms with Crippen molar-refractivity contribution in [3.63, 3.8) is 0 Å². The van der Waals surface area contributed by atoms with E-state index in [9.17, 15) is 30.2 Å². The fourth-order valence-corrected chi connectivity index (χ4v) is 5.75. The first-order chi connectivity index (χ1) is 14.7. The van der Waals surface area contributed by atoms with Gasteiger partial charge in [0, 0.05) is 31.4 Å². The van der Waals surface area contributed by atoms with E-state index in [0.717, 1.165) is 11.8 Å². The van der Waals surface area contributed by atoms with E-state index in [1.807, 2.05) is 18.2 Å². The van der Waals surface area contributed by atoms with Crippen LogP contribution in [0.25, 0.3) is 0 Å². The summed E-state index contributed by atoms with van der Waals surface area (Å²) in [5, 5.41) is 28.0. The van der Waals surface area contributed by atoms with E-state index in [2.05, 4.69) is 0 Å². The topological polar surface area (TPSA) is 150 Å². The molecule has 9 nitrogen and oxygen atoms in total. The SMILES string of the molecule is CC(=O)O[C@@H]1[C@@H](OC(C)=O)[C@H](Sc2cc(C#N)c(C#N)cc2C#N)SC[C@H]1OC(C)=O. The van der Waals surface area contributed by atoms with Gasteiger partial charge in [-0.3, -0.25) is 14.4 Å². The lowest BCUT2D eigenvalue weighted by molar-refractivity contribution is -0.180. The van der Waals surface area contributed by atoms with Crippen LogP contribution >= 0.6 is 23.5 Å². The highest BCUT2D eigenvalue weighted by atomic mass is 32.2. The highest BCUT2D eigenvalue weighted by Gasteiger charge is 2.47. The largest absolute Gasteiger partial charge is 0.458 e. The van der Waals surface area contributed by atoms with Crippen LogP contribution in [0, 0.1) is 34.0 Å². The van der Waals surface area contributed by atoms with Gasteiger partial charge in [-0.1, -0.05) is 0 Å².